The number of aryl methyl sites for hydroxylation is 1. The Kier molecular flexibility index (Phi) is 10.4. The van der Waals surface area contributed by atoms with Crippen LogP contribution in [0.3, 0.4) is 0 Å². The molecule has 4 rings (SSSR count). The number of nitrogens with zero attached hydrogens (tertiary/aromatic N) is 2. The van der Waals surface area contributed by atoms with Crippen molar-refractivity contribution in [3.8, 4) is 11.3 Å². The van der Waals surface area contributed by atoms with Crippen LogP contribution in [0.15, 0.2) is 59.0 Å². The Morgan fingerprint density at radius 1 is 1.02 bits per heavy atom. The summed E-state index contributed by atoms with van der Waals surface area (Å²) in [5.74, 6) is 1.36. The second kappa shape index (κ2) is 14.2. The van der Waals surface area contributed by atoms with Crippen LogP contribution in [0.2, 0.25) is 10.0 Å². The number of para-hydroxylation sites is 1. The van der Waals surface area contributed by atoms with E-state index in [1.165, 1.54) is 6.07 Å². The van der Waals surface area contributed by atoms with E-state index in [4.69, 9.17) is 32.7 Å². The van der Waals surface area contributed by atoms with Crippen molar-refractivity contribution in [1.82, 2.24) is 15.3 Å². The number of halogens is 2. The summed E-state index contributed by atoms with van der Waals surface area (Å²) in [6, 6.07) is 15.3. The lowest BCUT2D eigenvalue weighted by Crippen LogP contribution is -2.32. The highest BCUT2D eigenvalue weighted by atomic mass is 35.5. The molecule has 0 spiro atoms. The Morgan fingerprint density at radius 2 is 1.80 bits per heavy atom. The predicted octanol–water partition coefficient (Wildman–Crippen LogP) is 4.76. The molecule has 4 aromatic rings. The molecule has 0 saturated carbocycles. The third-order valence-corrected chi connectivity index (χ3v) is 6.48. The van der Waals surface area contributed by atoms with Crippen LogP contribution in [0.1, 0.15) is 21.9 Å². The average molecular weight is 601 g/mol. The summed E-state index contributed by atoms with van der Waals surface area (Å²) < 4.78 is 6.03. The van der Waals surface area contributed by atoms with E-state index in [-0.39, 0.29) is 25.3 Å². The normalized spacial score (nSPS) is 11.7. The molecule has 7 N–H and O–H groups in total. The van der Waals surface area contributed by atoms with Crippen LogP contribution < -0.4 is 21.3 Å². The van der Waals surface area contributed by atoms with E-state index < -0.39 is 12.1 Å². The number of benzene rings is 2. The number of hydrogen-bond donors (Lipinski definition) is 7. The van der Waals surface area contributed by atoms with Crippen LogP contribution in [0, 0.1) is 6.92 Å². The largest absolute Gasteiger partial charge is 0.478 e. The number of hydrogen-bond acceptors (Lipinski definition) is 10. The minimum Gasteiger partial charge on any atom is -0.478 e. The van der Waals surface area contributed by atoms with Gasteiger partial charge >= 0.3 is 5.97 Å². The molecule has 0 aliphatic rings. The maximum absolute atomic E-state index is 11.8. The minimum atomic E-state index is -1.08. The molecule has 0 aliphatic carbocycles. The van der Waals surface area contributed by atoms with E-state index in [1.807, 2.05) is 6.07 Å². The van der Waals surface area contributed by atoms with Gasteiger partial charge in [0, 0.05) is 30.2 Å². The van der Waals surface area contributed by atoms with Crippen LogP contribution in [0.5, 0.6) is 0 Å². The van der Waals surface area contributed by atoms with Crippen molar-refractivity contribution in [2.24, 2.45) is 0 Å². The fourth-order valence-corrected chi connectivity index (χ4v) is 4.33. The molecular formula is C28H30Cl2N6O5. The molecule has 0 amide bonds. The molecule has 2 aromatic carbocycles. The van der Waals surface area contributed by atoms with Crippen molar-refractivity contribution in [3.05, 3.63) is 81.8 Å². The fourth-order valence-electron chi connectivity index (χ4n) is 3.95. The zero-order valence-electron chi connectivity index (χ0n) is 22.1. The van der Waals surface area contributed by atoms with E-state index in [1.54, 1.807) is 49.4 Å². The number of carboxylic acids is 1. The van der Waals surface area contributed by atoms with E-state index in [0.29, 0.717) is 69.1 Å². The van der Waals surface area contributed by atoms with Crippen LogP contribution in [0.25, 0.3) is 11.3 Å². The van der Waals surface area contributed by atoms with Gasteiger partial charge in [-0.1, -0.05) is 35.3 Å². The van der Waals surface area contributed by atoms with E-state index in [2.05, 4.69) is 31.2 Å². The molecule has 0 bridgehead atoms. The third kappa shape index (κ3) is 8.09. The minimum absolute atomic E-state index is 0.0879. The average Bonchev–Trinajstić information content (AvgIpc) is 3.42. The lowest BCUT2D eigenvalue weighted by molar-refractivity contribution is 0.0698. The van der Waals surface area contributed by atoms with Gasteiger partial charge in [0.2, 0.25) is 0 Å². The maximum Gasteiger partial charge on any atom is 0.337 e. The first-order valence-electron chi connectivity index (χ1n) is 12.7. The van der Waals surface area contributed by atoms with E-state index in [9.17, 15) is 15.0 Å². The topological polar surface area (TPSA) is 165 Å². The quantitative estimate of drug-likeness (QED) is 0.0997. The van der Waals surface area contributed by atoms with E-state index in [0.717, 1.165) is 0 Å². The van der Waals surface area contributed by atoms with Gasteiger partial charge in [-0.3, -0.25) is 0 Å². The lowest BCUT2D eigenvalue weighted by atomic mass is 10.2. The van der Waals surface area contributed by atoms with Crippen molar-refractivity contribution in [3.63, 3.8) is 0 Å². The summed E-state index contributed by atoms with van der Waals surface area (Å²) in [6.45, 7) is 2.80. The van der Waals surface area contributed by atoms with Gasteiger partial charge < -0.3 is 41.0 Å². The summed E-state index contributed by atoms with van der Waals surface area (Å²) in [5.41, 5.74) is 1.61. The zero-order chi connectivity index (χ0) is 29.4. The smallest absolute Gasteiger partial charge is 0.337 e. The Balaban J connectivity index is 1.59. The number of rotatable bonds is 14. The molecular weight excluding hydrogens is 571 g/mol. The Bertz CT molecular complexity index is 1500. The number of aliphatic hydroxyl groups is 2. The van der Waals surface area contributed by atoms with Crippen LogP contribution in [0.4, 0.5) is 23.0 Å². The van der Waals surface area contributed by atoms with Crippen molar-refractivity contribution < 1.29 is 24.5 Å². The number of nitrogens with one attached hydrogen (secondary N) is 4. The molecule has 0 aliphatic heterocycles. The van der Waals surface area contributed by atoms with Crippen LogP contribution in [-0.4, -0.2) is 63.6 Å². The molecule has 1 unspecified atom stereocenters. The Labute approximate surface area is 246 Å². The molecule has 0 fully saturated rings. The van der Waals surface area contributed by atoms with Gasteiger partial charge in [0.05, 0.1) is 35.5 Å². The molecule has 216 valence electrons. The second-order valence-corrected chi connectivity index (χ2v) is 9.87. The Morgan fingerprint density at radius 3 is 2.59 bits per heavy atom. The van der Waals surface area contributed by atoms with Crippen molar-refractivity contribution in [2.45, 2.75) is 19.6 Å². The third-order valence-electron chi connectivity index (χ3n) is 5.91. The molecule has 0 saturated heterocycles. The number of carboxylic acid groups (broad SMARTS) is 1. The van der Waals surface area contributed by atoms with Crippen molar-refractivity contribution in [1.29, 1.82) is 0 Å². The summed E-state index contributed by atoms with van der Waals surface area (Å²) in [6.07, 6.45) is -0.849. The summed E-state index contributed by atoms with van der Waals surface area (Å²) in [4.78, 5) is 20.9. The van der Waals surface area contributed by atoms with Crippen molar-refractivity contribution in [2.75, 3.05) is 42.2 Å². The number of furan rings is 1. The standard InChI is InChI=1S/C28H30Cl2N6O5/c1-16-34-26(32-11-10-31-13-18(38)15-37)25(27(35-16)36-23-5-3-2-4-20(23)28(39)40)33-14-19-7-9-24(41-19)21-12-17(29)6-8-22(21)30/h2-9,12,18,31,33,37-38H,10-11,13-15H2,1H3,(H,39,40)(H2,32,34,35,36). The van der Waals surface area contributed by atoms with Crippen molar-refractivity contribution >= 4 is 52.2 Å². The van der Waals surface area contributed by atoms with Gasteiger partial charge in [-0.15, -0.1) is 0 Å². The molecule has 2 heterocycles. The molecule has 41 heavy (non-hydrogen) atoms. The van der Waals surface area contributed by atoms with Crippen LogP contribution in [-0.2, 0) is 6.54 Å². The number of aromatic carboxylic acids is 1. The molecule has 2 aromatic heterocycles. The van der Waals surface area contributed by atoms with Crippen LogP contribution >= 0.6 is 23.2 Å². The monoisotopic (exact) mass is 600 g/mol. The molecule has 1 atom stereocenters. The second-order valence-electron chi connectivity index (χ2n) is 9.03. The molecule has 0 radical (unpaired) electrons. The summed E-state index contributed by atoms with van der Waals surface area (Å²) in [5, 5.41) is 42.0. The first-order valence-corrected chi connectivity index (χ1v) is 13.5. The van der Waals surface area contributed by atoms with Gasteiger partial charge in [-0.05, 0) is 49.4 Å². The SMILES string of the molecule is Cc1nc(NCCNCC(O)CO)c(NCc2ccc(-c3cc(Cl)ccc3Cl)o2)c(Nc2ccccc2C(=O)O)n1. The number of carbonyl (C=O) groups is 1. The Hall–Kier alpha value is -3.87. The van der Waals surface area contributed by atoms with Gasteiger partial charge in [0.15, 0.2) is 11.6 Å². The highest BCUT2D eigenvalue weighted by molar-refractivity contribution is 6.35. The number of aromatic nitrogens is 2. The molecule has 11 nitrogen and oxygen atoms in total. The highest BCUT2D eigenvalue weighted by Crippen LogP contribution is 2.34. The fraction of sp³-hybridized carbons (Fsp3) is 0.250. The summed E-state index contributed by atoms with van der Waals surface area (Å²) >= 11 is 12.5. The summed E-state index contributed by atoms with van der Waals surface area (Å²) in [7, 11) is 0. The predicted molar refractivity (Wildman–Crippen MR) is 159 cm³/mol. The van der Waals surface area contributed by atoms with Gasteiger partial charge in [-0.25, -0.2) is 14.8 Å². The maximum atomic E-state index is 11.8. The van der Waals surface area contributed by atoms with Gasteiger partial charge in [-0.2, -0.15) is 0 Å². The first-order chi connectivity index (χ1) is 19.7. The number of anilines is 4. The number of aliphatic hydroxyl groups excluding tert-OH is 2. The molecule has 13 heteroatoms. The lowest BCUT2D eigenvalue weighted by Gasteiger charge is -2.19. The van der Waals surface area contributed by atoms with Gasteiger partial charge in [0.25, 0.3) is 0 Å². The van der Waals surface area contributed by atoms with E-state index >= 15 is 0 Å². The first kappa shape index (κ1) is 30.1. The zero-order valence-corrected chi connectivity index (χ0v) is 23.6. The van der Waals surface area contributed by atoms with Gasteiger partial charge in [0.1, 0.15) is 23.0 Å². The highest BCUT2D eigenvalue weighted by Gasteiger charge is 2.18.